The second-order valence-corrected chi connectivity index (χ2v) is 3.53. The van der Waals surface area contributed by atoms with E-state index in [0.29, 0.717) is 12.6 Å². The molecule has 0 bridgehead atoms. The first-order chi connectivity index (χ1) is 6.84. The van der Waals surface area contributed by atoms with Crippen molar-refractivity contribution in [3.63, 3.8) is 0 Å². The van der Waals surface area contributed by atoms with Crippen molar-refractivity contribution in [1.29, 1.82) is 0 Å². The number of ether oxygens (including phenoxy) is 1. The predicted octanol–water partition coefficient (Wildman–Crippen LogP) is 1.63. The molecule has 0 spiro atoms. The summed E-state index contributed by atoms with van der Waals surface area (Å²) in [7, 11) is 0. The van der Waals surface area contributed by atoms with Gasteiger partial charge in [0, 0.05) is 11.9 Å². The van der Waals surface area contributed by atoms with Gasteiger partial charge in [0.25, 0.3) is 6.40 Å². The average Bonchev–Trinajstić information content (AvgIpc) is 2.67. The van der Waals surface area contributed by atoms with Crippen LogP contribution >= 0.6 is 0 Å². The number of hydrogen-bond acceptors (Lipinski definition) is 3. The fourth-order valence-electron chi connectivity index (χ4n) is 1.52. The van der Waals surface area contributed by atoms with E-state index in [4.69, 9.17) is 4.74 Å². The van der Waals surface area contributed by atoms with Crippen molar-refractivity contribution in [2.45, 2.75) is 25.8 Å². The number of nitrogens with zero attached hydrogens (tertiary/aromatic N) is 2. The molecule has 0 amide bonds. The zero-order valence-corrected chi connectivity index (χ0v) is 8.23. The van der Waals surface area contributed by atoms with E-state index in [-0.39, 0.29) is 0 Å². The third-order valence-electron chi connectivity index (χ3n) is 2.30. The molecule has 2 heterocycles. The molecule has 1 aliphatic rings. The highest BCUT2D eigenvalue weighted by Gasteiger charge is 2.11. The van der Waals surface area contributed by atoms with E-state index in [2.05, 4.69) is 28.5 Å². The minimum absolute atomic E-state index is 0.295. The van der Waals surface area contributed by atoms with Crippen LogP contribution in [0.15, 0.2) is 23.3 Å². The van der Waals surface area contributed by atoms with Gasteiger partial charge in [-0.1, -0.05) is 0 Å². The Bertz CT molecular complexity index is 336. The summed E-state index contributed by atoms with van der Waals surface area (Å²) in [4.78, 5) is 8.24. The molecule has 1 aliphatic heterocycles. The van der Waals surface area contributed by atoms with Crippen LogP contribution in [0.25, 0.3) is 0 Å². The molecule has 0 fully saturated rings. The van der Waals surface area contributed by atoms with Crippen molar-refractivity contribution in [3.8, 4) is 0 Å². The number of aryl methyl sites for hydroxylation is 2. The van der Waals surface area contributed by atoms with Crippen LogP contribution in [0.4, 0.5) is 0 Å². The first-order valence-corrected chi connectivity index (χ1v) is 4.83. The van der Waals surface area contributed by atoms with E-state index in [1.807, 2.05) is 13.1 Å². The van der Waals surface area contributed by atoms with Gasteiger partial charge >= 0.3 is 0 Å². The van der Waals surface area contributed by atoms with Crippen LogP contribution < -0.4 is 0 Å². The normalized spacial score (nSPS) is 19.6. The topological polar surface area (TPSA) is 34.5 Å². The van der Waals surface area contributed by atoms with Gasteiger partial charge in [-0.3, -0.25) is 4.98 Å². The molecule has 14 heavy (non-hydrogen) atoms. The van der Waals surface area contributed by atoms with Gasteiger partial charge in [0.2, 0.25) is 0 Å². The highest BCUT2D eigenvalue weighted by atomic mass is 16.5. The molecule has 0 aliphatic carbocycles. The molecule has 3 heteroatoms. The number of pyridine rings is 1. The maximum atomic E-state index is 4.94. The first-order valence-electron chi connectivity index (χ1n) is 4.83. The molecule has 2 rings (SSSR count). The Morgan fingerprint density at radius 2 is 2.57 bits per heavy atom. The van der Waals surface area contributed by atoms with E-state index in [1.165, 1.54) is 5.56 Å². The SMILES string of the molecule is Cc1cc(CCC2CO[C]=N2)ccn1. The van der Waals surface area contributed by atoms with Gasteiger partial charge in [-0.2, -0.15) is 0 Å². The molecule has 1 atom stereocenters. The molecular weight excluding hydrogens is 176 g/mol. The summed E-state index contributed by atoms with van der Waals surface area (Å²) in [6, 6.07) is 4.46. The molecule has 73 valence electrons. The third-order valence-corrected chi connectivity index (χ3v) is 2.30. The number of hydrogen-bond donors (Lipinski definition) is 0. The Hall–Kier alpha value is -1.38. The van der Waals surface area contributed by atoms with E-state index in [1.54, 1.807) is 0 Å². The molecule has 1 aromatic heterocycles. The second kappa shape index (κ2) is 4.22. The molecule has 1 unspecified atom stereocenters. The fourth-order valence-corrected chi connectivity index (χ4v) is 1.52. The van der Waals surface area contributed by atoms with Crippen LogP contribution in [0.1, 0.15) is 17.7 Å². The van der Waals surface area contributed by atoms with E-state index in [0.717, 1.165) is 18.5 Å². The van der Waals surface area contributed by atoms with Gasteiger partial charge in [-0.15, -0.1) is 0 Å². The minimum Gasteiger partial charge on any atom is -0.472 e. The maximum Gasteiger partial charge on any atom is 0.273 e. The van der Waals surface area contributed by atoms with Gasteiger partial charge in [0.1, 0.15) is 6.61 Å². The van der Waals surface area contributed by atoms with Crippen molar-refractivity contribution in [3.05, 3.63) is 29.6 Å². The zero-order valence-electron chi connectivity index (χ0n) is 8.23. The lowest BCUT2D eigenvalue weighted by molar-refractivity contribution is 0.322. The van der Waals surface area contributed by atoms with Gasteiger partial charge in [0.15, 0.2) is 0 Å². The summed E-state index contributed by atoms with van der Waals surface area (Å²) in [5.74, 6) is 0. The van der Waals surface area contributed by atoms with Gasteiger partial charge in [0.05, 0.1) is 6.04 Å². The molecule has 1 aromatic rings. The van der Waals surface area contributed by atoms with Crippen LogP contribution in [0, 0.1) is 6.92 Å². The fraction of sp³-hybridized carbons (Fsp3) is 0.455. The Labute approximate surface area is 83.8 Å². The molecular formula is C11H13N2O. The molecule has 3 nitrogen and oxygen atoms in total. The summed E-state index contributed by atoms with van der Waals surface area (Å²) in [5, 5.41) is 0. The molecule has 0 saturated carbocycles. The van der Waals surface area contributed by atoms with Crippen molar-refractivity contribution >= 4 is 6.40 Å². The summed E-state index contributed by atoms with van der Waals surface area (Å²) >= 11 is 0. The summed E-state index contributed by atoms with van der Waals surface area (Å²) < 4.78 is 4.94. The Morgan fingerprint density at radius 3 is 3.29 bits per heavy atom. The number of aliphatic imine (C=N–C) groups is 1. The third kappa shape index (κ3) is 2.31. The van der Waals surface area contributed by atoms with Crippen molar-refractivity contribution in [2.24, 2.45) is 4.99 Å². The Morgan fingerprint density at radius 1 is 1.64 bits per heavy atom. The summed E-state index contributed by atoms with van der Waals surface area (Å²) in [6.07, 6.45) is 6.44. The van der Waals surface area contributed by atoms with Crippen molar-refractivity contribution in [1.82, 2.24) is 4.98 Å². The van der Waals surface area contributed by atoms with Crippen LogP contribution in [0.5, 0.6) is 0 Å². The van der Waals surface area contributed by atoms with Crippen LogP contribution in [0.3, 0.4) is 0 Å². The largest absolute Gasteiger partial charge is 0.472 e. The maximum absolute atomic E-state index is 4.94. The zero-order chi connectivity index (χ0) is 9.80. The summed E-state index contributed by atoms with van der Waals surface area (Å²) in [6.45, 7) is 2.69. The van der Waals surface area contributed by atoms with Gasteiger partial charge < -0.3 is 4.74 Å². The smallest absolute Gasteiger partial charge is 0.273 e. The highest BCUT2D eigenvalue weighted by Crippen LogP contribution is 2.10. The van der Waals surface area contributed by atoms with E-state index >= 15 is 0 Å². The van der Waals surface area contributed by atoms with Gasteiger partial charge in [-0.25, -0.2) is 4.99 Å². The van der Waals surface area contributed by atoms with Crippen molar-refractivity contribution in [2.75, 3.05) is 6.61 Å². The molecule has 0 N–H and O–H groups in total. The lowest BCUT2D eigenvalue weighted by Crippen LogP contribution is -2.07. The van der Waals surface area contributed by atoms with Gasteiger partial charge in [-0.05, 0) is 37.5 Å². The molecule has 0 aromatic carbocycles. The first kappa shape index (κ1) is 9.19. The van der Waals surface area contributed by atoms with Crippen molar-refractivity contribution < 1.29 is 4.74 Å². The molecule has 0 saturated heterocycles. The van der Waals surface area contributed by atoms with E-state index in [9.17, 15) is 0 Å². The standard InChI is InChI=1S/C11H13N2O/c1-9-6-10(4-5-12-9)2-3-11-7-14-8-13-11/h4-6,11H,2-3,7H2,1H3. The lowest BCUT2D eigenvalue weighted by atomic mass is 10.1. The number of rotatable bonds is 3. The summed E-state index contributed by atoms with van der Waals surface area (Å²) in [5.41, 5.74) is 2.39. The highest BCUT2D eigenvalue weighted by molar-refractivity contribution is 5.48. The minimum atomic E-state index is 0.295. The number of aromatic nitrogens is 1. The second-order valence-electron chi connectivity index (χ2n) is 3.53. The van der Waals surface area contributed by atoms with Crippen LogP contribution in [-0.4, -0.2) is 24.0 Å². The average molecular weight is 189 g/mol. The van der Waals surface area contributed by atoms with Crippen LogP contribution in [-0.2, 0) is 11.2 Å². The predicted molar refractivity (Wildman–Crippen MR) is 54.5 cm³/mol. The van der Waals surface area contributed by atoms with E-state index < -0.39 is 0 Å². The Balaban J connectivity index is 1.88. The lowest BCUT2D eigenvalue weighted by Gasteiger charge is -2.05. The Kier molecular flexibility index (Phi) is 2.77. The quantitative estimate of drug-likeness (QED) is 0.724. The van der Waals surface area contributed by atoms with Crippen LogP contribution in [0.2, 0.25) is 0 Å². The molecule has 1 radical (unpaired) electrons. The monoisotopic (exact) mass is 189 g/mol.